The van der Waals surface area contributed by atoms with Gasteiger partial charge < -0.3 is 25.3 Å². The van der Waals surface area contributed by atoms with Crippen LogP contribution in [0.25, 0.3) is 0 Å². The smallest absolute Gasteiger partial charge is 0.337 e. The molecule has 2 aromatic rings. The Hall–Kier alpha value is -3.36. The van der Waals surface area contributed by atoms with E-state index in [9.17, 15) is 9.59 Å². The molecule has 2 rings (SSSR count). The highest BCUT2D eigenvalue weighted by Gasteiger charge is 2.23. The number of nitrogens with zero attached hydrogens (tertiary/aromatic N) is 2. The molecule has 0 aliphatic rings. The zero-order valence-corrected chi connectivity index (χ0v) is 21.9. The Bertz CT molecular complexity index is 1030. The van der Waals surface area contributed by atoms with Crippen molar-refractivity contribution < 1.29 is 23.8 Å². The number of ether oxygens (including phenoxy) is 3. The van der Waals surface area contributed by atoms with Gasteiger partial charge in [-0.2, -0.15) is 4.98 Å². The number of hydrogen-bond acceptors (Lipinski definition) is 9. The molecule has 1 heterocycles. The molecule has 0 bridgehead atoms. The minimum Gasteiger partial charge on any atom is -0.496 e. The van der Waals surface area contributed by atoms with Gasteiger partial charge in [0, 0.05) is 23.7 Å². The molecule has 0 spiro atoms. The van der Waals surface area contributed by atoms with Crippen LogP contribution >= 0.6 is 0 Å². The number of unbranched alkanes of at least 4 members (excludes halogenated alkanes) is 1. The van der Waals surface area contributed by atoms with Crippen LogP contribution in [0.4, 0.5) is 11.8 Å². The summed E-state index contributed by atoms with van der Waals surface area (Å²) in [4.78, 5) is 33.5. The molecule has 0 aliphatic heterocycles. The van der Waals surface area contributed by atoms with Crippen LogP contribution in [0.15, 0.2) is 18.2 Å². The number of nitrogens with two attached hydrogens (primary N) is 1. The molecule has 1 aromatic heterocycles. The third-order valence-electron chi connectivity index (χ3n) is 5.38. The van der Waals surface area contributed by atoms with E-state index >= 15 is 0 Å². The summed E-state index contributed by atoms with van der Waals surface area (Å²) in [7, 11) is 2.91. The first kappa shape index (κ1) is 27.9. The largest absolute Gasteiger partial charge is 0.496 e. The average Bonchev–Trinajstić information content (AvgIpc) is 2.77. The van der Waals surface area contributed by atoms with Crippen molar-refractivity contribution in [3.05, 3.63) is 40.6 Å². The molecule has 0 fully saturated rings. The molecule has 0 unspecified atom stereocenters. The molecule has 3 N–H and O–H groups in total. The van der Waals surface area contributed by atoms with Crippen molar-refractivity contribution in [3.63, 3.8) is 0 Å². The number of nitrogens with one attached hydrogen (secondary N) is 1. The summed E-state index contributed by atoms with van der Waals surface area (Å²) in [5, 5.41) is 3.42. The van der Waals surface area contributed by atoms with Gasteiger partial charge in [0.1, 0.15) is 17.2 Å². The van der Waals surface area contributed by atoms with E-state index in [1.165, 1.54) is 7.11 Å². The van der Waals surface area contributed by atoms with Gasteiger partial charge in [0.2, 0.25) is 5.95 Å². The summed E-state index contributed by atoms with van der Waals surface area (Å²) in [6.45, 7) is 9.50. The molecular formula is C26H38N4O5. The van der Waals surface area contributed by atoms with Gasteiger partial charge in [-0.15, -0.1) is 0 Å². The van der Waals surface area contributed by atoms with Crippen molar-refractivity contribution in [3.8, 4) is 5.75 Å². The Labute approximate surface area is 207 Å². The summed E-state index contributed by atoms with van der Waals surface area (Å²) >= 11 is 0. The van der Waals surface area contributed by atoms with Crippen LogP contribution in [0.5, 0.6) is 5.75 Å². The van der Waals surface area contributed by atoms with Gasteiger partial charge in [-0.1, -0.05) is 19.8 Å². The van der Waals surface area contributed by atoms with E-state index in [1.54, 1.807) is 25.3 Å². The van der Waals surface area contributed by atoms with Gasteiger partial charge in [-0.25, -0.2) is 9.78 Å². The second-order valence-electron chi connectivity index (χ2n) is 9.46. The second kappa shape index (κ2) is 12.4. The van der Waals surface area contributed by atoms with Crippen LogP contribution in [0.1, 0.15) is 80.6 Å². The number of carbonyl (C=O) groups is 2. The number of hydrogen-bond donors (Lipinski definition) is 2. The molecule has 0 amide bonds. The van der Waals surface area contributed by atoms with Crippen molar-refractivity contribution in [2.45, 2.75) is 78.4 Å². The fourth-order valence-corrected chi connectivity index (χ4v) is 3.75. The van der Waals surface area contributed by atoms with Crippen LogP contribution < -0.4 is 15.8 Å². The molecule has 0 aliphatic carbocycles. The third kappa shape index (κ3) is 8.42. The summed E-state index contributed by atoms with van der Waals surface area (Å²) in [5.74, 6) is 0.588. The van der Waals surface area contributed by atoms with Crippen LogP contribution in [-0.4, -0.2) is 47.8 Å². The monoisotopic (exact) mass is 486 g/mol. The lowest BCUT2D eigenvalue weighted by Gasteiger charge is -2.24. The van der Waals surface area contributed by atoms with Crippen molar-refractivity contribution in [1.82, 2.24) is 9.97 Å². The maximum absolute atomic E-state index is 12.6. The van der Waals surface area contributed by atoms with Crippen LogP contribution in [0.3, 0.4) is 0 Å². The predicted octanol–water partition coefficient (Wildman–Crippen LogP) is 4.46. The first-order chi connectivity index (χ1) is 16.5. The number of aryl methyl sites for hydroxylation is 1. The molecule has 1 aromatic carbocycles. The highest BCUT2D eigenvalue weighted by Crippen LogP contribution is 2.29. The standard InChI is InChI=1S/C26H38N4O5/c1-8-9-10-19(15-22(31)35-26(3,4)5)29-23-20(16(2)28-25(27)30-23)14-18-13-17(24(32)34-7)11-12-21(18)33-6/h11-13,19H,8-10,14-15H2,1-7H3,(H3,27,28,29,30)/t19-/m0/s1. The Balaban J connectivity index is 2.42. The lowest BCUT2D eigenvalue weighted by molar-refractivity contribution is -0.155. The highest BCUT2D eigenvalue weighted by molar-refractivity contribution is 5.89. The van der Waals surface area contributed by atoms with E-state index in [4.69, 9.17) is 19.9 Å². The Kier molecular flexibility index (Phi) is 9.86. The number of benzene rings is 1. The number of carbonyl (C=O) groups excluding carboxylic acids is 2. The van der Waals surface area contributed by atoms with E-state index in [0.29, 0.717) is 29.2 Å². The molecule has 9 heteroatoms. The first-order valence-corrected chi connectivity index (χ1v) is 11.8. The summed E-state index contributed by atoms with van der Waals surface area (Å²) in [6, 6.07) is 4.93. The topological polar surface area (TPSA) is 126 Å². The minimum absolute atomic E-state index is 0.135. The van der Waals surface area contributed by atoms with Gasteiger partial charge >= 0.3 is 11.9 Å². The van der Waals surface area contributed by atoms with Crippen molar-refractivity contribution in [1.29, 1.82) is 0 Å². The second-order valence-corrected chi connectivity index (χ2v) is 9.46. The van der Waals surface area contributed by atoms with Gasteiger partial charge in [0.15, 0.2) is 0 Å². The lowest BCUT2D eigenvalue weighted by atomic mass is 10.00. The molecule has 0 saturated carbocycles. The molecule has 35 heavy (non-hydrogen) atoms. The van der Waals surface area contributed by atoms with Crippen LogP contribution in [0.2, 0.25) is 0 Å². The van der Waals surface area contributed by atoms with Crippen LogP contribution in [-0.2, 0) is 20.7 Å². The van der Waals surface area contributed by atoms with E-state index < -0.39 is 11.6 Å². The lowest BCUT2D eigenvalue weighted by Crippen LogP contribution is -2.30. The zero-order valence-electron chi connectivity index (χ0n) is 21.9. The van der Waals surface area contributed by atoms with Crippen molar-refractivity contribution >= 4 is 23.7 Å². The molecule has 9 nitrogen and oxygen atoms in total. The Morgan fingerprint density at radius 1 is 1.17 bits per heavy atom. The first-order valence-electron chi connectivity index (χ1n) is 11.8. The van der Waals surface area contributed by atoms with E-state index in [-0.39, 0.29) is 24.4 Å². The van der Waals surface area contributed by atoms with Crippen molar-refractivity contribution in [2.24, 2.45) is 0 Å². The normalized spacial score (nSPS) is 12.1. The Morgan fingerprint density at radius 3 is 2.49 bits per heavy atom. The summed E-state index contributed by atoms with van der Waals surface area (Å²) in [6.07, 6.45) is 3.27. The predicted molar refractivity (Wildman–Crippen MR) is 136 cm³/mol. The average molecular weight is 487 g/mol. The van der Waals surface area contributed by atoms with Gasteiger partial charge in [-0.3, -0.25) is 4.79 Å². The fraction of sp³-hybridized carbons (Fsp3) is 0.538. The number of anilines is 2. The SMILES string of the molecule is CCCC[C@@H](CC(=O)OC(C)(C)C)Nc1nc(N)nc(C)c1Cc1cc(C(=O)OC)ccc1OC. The highest BCUT2D eigenvalue weighted by atomic mass is 16.6. The Morgan fingerprint density at radius 2 is 1.89 bits per heavy atom. The zero-order chi connectivity index (χ0) is 26.2. The van der Waals surface area contributed by atoms with E-state index in [2.05, 4.69) is 22.2 Å². The number of methoxy groups -OCH3 is 2. The molecule has 0 radical (unpaired) electrons. The maximum atomic E-state index is 12.6. The van der Waals surface area contributed by atoms with Gasteiger partial charge in [0.05, 0.1) is 26.2 Å². The molecular weight excluding hydrogens is 448 g/mol. The quantitative estimate of drug-likeness (QED) is 0.443. The number of esters is 2. The summed E-state index contributed by atoms with van der Waals surface area (Å²) < 4.78 is 15.9. The number of nitrogen functional groups attached to an aromatic ring is 1. The molecule has 192 valence electrons. The van der Waals surface area contributed by atoms with Gasteiger partial charge in [-0.05, 0) is 57.9 Å². The van der Waals surface area contributed by atoms with E-state index in [0.717, 1.165) is 30.4 Å². The minimum atomic E-state index is -0.561. The summed E-state index contributed by atoms with van der Waals surface area (Å²) in [5.41, 5.74) is 8.09. The molecule has 1 atom stereocenters. The van der Waals surface area contributed by atoms with Gasteiger partial charge in [0.25, 0.3) is 0 Å². The number of aromatic nitrogens is 2. The van der Waals surface area contributed by atoms with Crippen molar-refractivity contribution in [2.75, 3.05) is 25.3 Å². The third-order valence-corrected chi connectivity index (χ3v) is 5.38. The fourth-order valence-electron chi connectivity index (χ4n) is 3.75. The maximum Gasteiger partial charge on any atom is 0.337 e. The number of rotatable bonds is 11. The van der Waals surface area contributed by atoms with Crippen LogP contribution in [0, 0.1) is 6.92 Å². The molecule has 0 saturated heterocycles. The van der Waals surface area contributed by atoms with E-state index in [1.807, 2.05) is 27.7 Å².